The molecule has 1 aromatic rings. The van der Waals surface area contributed by atoms with Gasteiger partial charge >= 0.3 is 0 Å². The Morgan fingerprint density at radius 2 is 2.08 bits per heavy atom. The lowest BCUT2D eigenvalue weighted by Gasteiger charge is -2.01. The highest BCUT2D eigenvalue weighted by Crippen LogP contribution is 2.51. The quantitative estimate of drug-likeness (QED) is 0.644. The first kappa shape index (κ1) is 8.49. The molecule has 0 spiro atoms. The van der Waals surface area contributed by atoms with E-state index >= 15 is 0 Å². The van der Waals surface area contributed by atoms with Crippen molar-refractivity contribution in [2.24, 2.45) is 11.8 Å². The van der Waals surface area contributed by atoms with Crippen LogP contribution in [-0.4, -0.2) is 6.29 Å². The molecule has 0 amide bonds. The molecule has 0 aliphatic heterocycles. The van der Waals surface area contributed by atoms with E-state index in [9.17, 15) is 4.79 Å². The molecule has 0 N–H and O–H groups in total. The SMILES string of the molecule is CC(C=O)C1CC1c1ccccc1. The molecule has 1 heteroatoms. The summed E-state index contributed by atoms with van der Waals surface area (Å²) in [5, 5.41) is 0. The maximum Gasteiger partial charge on any atom is 0.123 e. The lowest BCUT2D eigenvalue weighted by Crippen LogP contribution is -1.99. The van der Waals surface area contributed by atoms with Crippen LogP contribution in [0.25, 0.3) is 0 Å². The van der Waals surface area contributed by atoms with Crippen molar-refractivity contribution in [1.29, 1.82) is 0 Å². The smallest absolute Gasteiger partial charge is 0.123 e. The van der Waals surface area contributed by atoms with Crippen LogP contribution in [0.2, 0.25) is 0 Å². The zero-order valence-corrected chi connectivity index (χ0v) is 7.81. The Bertz CT molecular complexity index is 291. The van der Waals surface area contributed by atoms with Gasteiger partial charge in [-0.1, -0.05) is 37.3 Å². The van der Waals surface area contributed by atoms with Crippen molar-refractivity contribution in [3.8, 4) is 0 Å². The molecule has 1 fully saturated rings. The zero-order chi connectivity index (χ0) is 9.26. The standard InChI is InChI=1S/C12H14O/c1-9(8-13)11-7-12(11)10-5-3-2-4-6-10/h2-6,8-9,11-12H,7H2,1H3. The van der Waals surface area contributed by atoms with Gasteiger partial charge < -0.3 is 4.79 Å². The molecule has 1 aliphatic rings. The van der Waals surface area contributed by atoms with Crippen molar-refractivity contribution in [3.63, 3.8) is 0 Å². The first-order valence-electron chi connectivity index (χ1n) is 4.83. The van der Waals surface area contributed by atoms with E-state index in [2.05, 4.69) is 24.3 Å². The van der Waals surface area contributed by atoms with E-state index < -0.39 is 0 Å². The van der Waals surface area contributed by atoms with Gasteiger partial charge in [0, 0.05) is 5.92 Å². The van der Waals surface area contributed by atoms with Crippen LogP contribution in [0.3, 0.4) is 0 Å². The van der Waals surface area contributed by atoms with Gasteiger partial charge in [-0.2, -0.15) is 0 Å². The molecular formula is C12H14O. The molecule has 0 radical (unpaired) electrons. The van der Waals surface area contributed by atoms with Gasteiger partial charge in [0.2, 0.25) is 0 Å². The Kier molecular flexibility index (Phi) is 2.17. The second-order valence-electron chi connectivity index (χ2n) is 3.91. The summed E-state index contributed by atoms with van der Waals surface area (Å²) in [4.78, 5) is 10.6. The molecular weight excluding hydrogens is 160 g/mol. The molecule has 0 bridgehead atoms. The minimum atomic E-state index is 0.227. The molecule has 0 aromatic heterocycles. The molecule has 3 atom stereocenters. The predicted molar refractivity (Wildman–Crippen MR) is 52.5 cm³/mol. The fourth-order valence-corrected chi connectivity index (χ4v) is 1.98. The van der Waals surface area contributed by atoms with E-state index in [1.165, 1.54) is 12.0 Å². The first-order chi connectivity index (χ1) is 6.33. The average molecular weight is 174 g/mol. The highest BCUT2D eigenvalue weighted by Gasteiger charge is 2.41. The fraction of sp³-hybridized carbons (Fsp3) is 0.417. The third kappa shape index (κ3) is 1.64. The van der Waals surface area contributed by atoms with E-state index in [1.54, 1.807) is 0 Å². The summed E-state index contributed by atoms with van der Waals surface area (Å²) in [5.41, 5.74) is 1.39. The molecule has 1 aliphatic carbocycles. The molecule has 13 heavy (non-hydrogen) atoms. The lowest BCUT2D eigenvalue weighted by molar-refractivity contribution is -0.111. The monoisotopic (exact) mass is 174 g/mol. The number of benzene rings is 1. The lowest BCUT2D eigenvalue weighted by atomic mass is 10.0. The van der Waals surface area contributed by atoms with Gasteiger partial charge in [-0.3, -0.25) is 0 Å². The van der Waals surface area contributed by atoms with Gasteiger partial charge in [-0.05, 0) is 23.8 Å². The molecule has 1 aromatic carbocycles. The molecule has 0 heterocycles. The minimum Gasteiger partial charge on any atom is -0.303 e. The van der Waals surface area contributed by atoms with E-state index in [0.717, 1.165) is 6.29 Å². The van der Waals surface area contributed by atoms with E-state index in [-0.39, 0.29) is 5.92 Å². The van der Waals surface area contributed by atoms with Crippen LogP contribution in [-0.2, 0) is 4.79 Å². The van der Waals surface area contributed by atoms with Crippen molar-refractivity contribution >= 4 is 6.29 Å². The van der Waals surface area contributed by atoms with Gasteiger partial charge in [0.25, 0.3) is 0 Å². The Hall–Kier alpha value is -1.11. The molecule has 2 rings (SSSR count). The van der Waals surface area contributed by atoms with E-state index in [4.69, 9.17) is 0 Å². The molecule has 3 unspecified atom stereocenters. The summed E-state index contributed by atoms with van der Waals surface area (Å²) < 4.78 is 0. The average Bonchev–Trinajstić information content (AvgIpc) is 2.98. The third-order valence-electron chi connectivity index (χ3n) is 2.96. The molecule has 1 nitrogen and oxygen atoms in total. The van der Waals surface area contributed by atoms with Crippen molar-refractivity contribution in [1.82, 2.24) is 0 Å². The number of hydrogen-bond donors (Lipinski definition) is 0. The Morgan fingerprint density at radius 3 is 2.69 bits per heavy atom. The van der Waals surface area contributed by atoms with Crippen LogP contribution in [0.5, 0.6) is 0 Å². The second kappa shape index (κ2) is 3.33. The van der Waals surface area contributed by atoms with E-state index in [0.29, 0.717) is 11.8 Å². The summed E-state index contributed by atoms with van der Waals surface area (Å²) >= 11 is 0. The molecule has 1 saturated carbocycles. The molecule has 68 valence electrons. The van der Waals surface area contributed by atoms with Crippen LogP contribution < -0.4 is 0 Å². The van der Waals surface area contributed by atoms with E-state index in [1.807, 2.05) is 13.0 Å². The zero-order valence-electron chi connectivity index (χ0n) is 7.81. The summed E-state index contributed by atoms with van der Waals surface area (Å²) in [6.07, 6.45) is 2.26. The Labute approximate surface area is 78.8 Å². The van der Waals surface area contributed by atoms with Crippen molar-refractivity contribution < 1.29 is 4.79 Å². The number of carbonyl (C=O) groups is 1. The number of hydrogen-bond acceptors (Lipinski definition) is 1. The minimum absolute atomic E-state index is 0.227. The topological polar surface area (TPSA) is 17.1 Å². The maximum atomic E-state index is 10.6. The van der Waals surface area contributed by atoms with Gasteiger partial charge in [-0.25, -0.2) is 0 Å². The largest absolute Gasteiger partial charge is 0.303 e. The van der Waals surface area contributed by atoms with Crippen LogP contribution in [0.1, 0.15) is 24.8 Å². The Morgan fingerprint density at radius 1 is 1.38 bits per heavy atom. The Balaban J connectivity index is 2.04. The summed E-state index contributed by atoms with van der Waals surface area (Å²) in [6.45, 7) is 2.01. The van der Waals surface area contributed by atoms with Gasteiger partial charge in [-0.15, -0.1) is 0 Å². The summed E-state index contributed by atoms with van der Waals surface area (Å²) in [5.74, 6) is 1.46. The van der Waals surface area contributed by atoms with Crippen LogP contribution in [0.4, 0.5) is 0 Å². The summed E-state index contributed by atoms with van der Waals surface area (Å²) in [6, 6.07) is 10.5. The number of aldehydes is 1. The second-order valence-corrected chi connectivity index (χ2v) is 3.91. The highest BCUT2D eigenvalue weighted by atomic mass is 16.1. The molecule has 0 saturated heterocycles. The van der Waals surface area contributed by atoms with Crippen molar-refractivity contribution in [2.45, 2.75) is 19.3 Å². The fourth-order valence-electron chi connectivity index (χ4n) is 1.98. The van der Waals surface area contributed by atoms with Gasteiger partial charge in [0.05, 0.1) is 0 Å². The first-order valence-corrected chi connectivity index (χ1v) is 4.83. The van der Waals surface area contributed by atoms with Gasteiger partial charge in [0.15, 0.2) is 0 Å². The van der Waals surface area contributed by atoms with Gasteiger partial charge in [0.1, 0.15) is 6.29 Å². The summed E-state index contributed by atoms with van der Waals surface area (Å²) in [7, 11) is 0. The van der Waals surface area contributed by atoms with Crippen molar-refractivity contribution in [2.75, 3.05) is 0 Å². The van der Waals surface area contributed by atoms with Crippen LogP contribution >= 0.6 is 0 Å². The highest BCUT2D eigenvalue weighted by molar-refractivity contribution is 5.55. The normalized spacial score (nSPS) is 28.1. The van der Waals surface area contributed by atoms with Crippen LogP contribution in [0, 0.1) is 11.8 Å². The predicted octanol–water partition coefficient (Wildman–Crippen LogP) is 2.63. The number of rotatable bonds is 3. The maximum absolute atomic E-state index is 10.6. The third-order valence-corrected chi connectivity index (χ3v) is 2.96. The van der Waals surface area contributed by atoms with Crippen LogP contribution in [0.15, 0.2) is 30.3 Å². The van der Waals surface area contributed by atoms with Crippen molar-refractivity contribution in [3.05, 3.63) is 35.9 Å². The number of carbonyl (C=O) groups excluding carboxylic acids is 1.